The summed E-state index contributed by atoms with van der Waals surface area (Å²) in [6, 6.07) is 2.44. The first-order chi connectivity index (χ1) is 8.19. The van der Waals surface area contributed by atoms with Crippen LogP contribution >= 0.6 is 0 Å². The highest BCUT2D eigenvalue weighted by Crippen LogP contribution is 2.25. The summed E-state index contributed by atoms with van der Waals surface area (Å²) in [5.74, 6) is -2.05. The first-order valence-corrected chi connectivity index (χ1v) is 6.79. The maximum Gasteiger partial charge on any atom is 0.322 e. The summed E-state index contributed by atoms with van der Waals surface area (Å²) in [5.41, 5.74) is 0.383. The highest BCUT2D eigenvalue weighted by Gasteiger charge is 2.22. The second-order valence-corrected chi connectivity index (χ2v) is 5.59. The molecular formula is C10H13NO6S. The van der Waals surface area contributed by atoms with Crippen molar-refractivity contribution in [3.8, 4) is 11.5 Å². The number of sulfonamides is 1. The smallest absolute Gasteiger partial charge is 0.322 e. The fourth-order valence-electron chi connectivity index (χ4n) is 1.37. The van der Waals surface area contributed by atoms with Crippen molar-refractivity contribution in [2.45, 2.75) is 12.5 Å². The molecule has 1 rings (SSSR count). The highest BCUT2D eigenvalue weighted by atomic mass is 32.2. The van der Waals surface area contributed by atoms with Crippen LogP contribution in [0.2, 0.25) is 0 Å². The van der Waals surface area contributed by atoms with Crippen molar-refractivity contribution in [1.29, 1.82) is 0 Å². The second-order valence-electron chi connectivity index (χ2n) is 3.81. The van der Waals surface area contributed by atoms with Gasteiger partial charge >= 0.3 is 5.97 Å². The molecule has 7 nitrogen and oxygen atoms in total. The normalized spacial score (nSPS) is 13.2. The van der Waals surface area contributed by atoms with Gasteiger partial charge in [-0.05, 0) is 24.1 Å². The number of phenolic OH excluding ortho intramolecular Hbond substituents is 2. The van der Waals surface area contributed by atoms with E-state index in [1.165, 1.54) is 18.2 Å². The molecule has 18 heavy (non-hydrogen) atoms. The Hall–Kier alpha value is -1.80. The van der Waals surface area contributed by atoms with E-state index < -0.39 is 27.8 Å². The average molecular weight is 275 g/mol. The van der Waals surface area contributed by atoms with E-state index in [4.69, 9.17) is 10.2 Å². The van der Waals surface area contributed by atoms with Crippen molar-refractivity contribution >= 4 is 16.0 Å². The number of rotatable bonds is 5. The number of phenols is 2. The van der Waals surface area contributed by atoms with Crippen LogP contribution < -0.4 is 4.72 Å². The molecule has 0 aromatic heterocycles. The van der Waals surface area contributed by atoms with Gasteiger partial charge in [0.15, 0.2) is 11.5 Å². The maximum absolute atomic E-state index is 11.0. The third kappa shape index (κ3) is 4.22. The fraction of sp³-hybridized carbons (Fsp3) is 0.300. The summed E-state index contributed by atoms with van der Waals surface area (Å²) in [7, 11) is -3.65. The van der Waals surface area contributed by atoms with Crippen LogP contribution in [0.5, 0.6) is 11.5 Å². The number of aliphatic carboxylic acids is 1. The topological polar surface area (TPSA) is 124 Å². The lowest BCUT2D eigenvalue weighted by Crippen LogP contribution is -2.41. The lowest BCUT2D eigenvalue weighted by atomic mass is 10.1. The van der Waals surface area contributed by atoms with Gasteiger partial charge in [-0.2, -0.15) is 0 Å². The summed E-state index contributed by atoms with van der Waals surface area (Å²) in [6.07, 6.45) is 0.716. The number of carbonyl (C=O) groups is 1. The number of benzene rings is 1. The van der Waals surface area contributed by atoms with Crippen LogP contribution in [0, 0.1) is 0 Å². The van der Waals surface area contributed by atoms with Gasteiger partial charge in [0, 0.05) is 0 Å². The minimum atomic E-state index is -3.65. The number of nitrogens with one attached hydrogen (secondary N) is 1. The number of carboxylic acid groups (broad SMARTS) is 1. The molecule has 0 aliphatic rings. The Bertz CT molecular complexity index is 553. The Balaban J connectivity index is 2.90. The average Bonchev–Trinajstić information content (AvgIpc) is 2.20. The lowest BCUT2D eigenvalue weighted by molar-refractivity contribution is -0.138. The molecule has 0 saturated heterocycles. The zero-order valence-electron chi connectivity index (χ0n) is 9.49. The van der Waals surface area contributed by atoms with E-state index in [0.29, 0.717) is 5.56 Å². The second kappa shape index (κ2) is 5.23. The summed E-state index contributed by atoms with van der Waals surface area (Å²) < 4.78 is 24.0. The van der Waals surface area contributed by atoms with Crippen molar-refractivity contribution in [3.63, 3.8) is 0 Å². The van der Waals surface area contributed by atoms with Gasteiger partial charge in [-0.1, -0.05) is 6.07 Å². The molecule has 0 amide bonds. The van der Waals surface area contributed by atoms with E-state index in [0.717, 1.165) is 6.26 Å². The van der Waals surface area contributed by atoms with Crippen molar-refractivity contribution in [2.75, 3.05) is 6.26 Å². The lowest BCUT2D eigenvalue weighted by Gasteiger charge is -2.13. The van der Waals surface area contributed by atoms with Crippen molar-refractivity contribution in [3.05, 3.63) is 23.8 Å². The summed E-state index contributed by atoms with van der Waals surface area (Å²) in [5, 5.41) is 27.2. The molecule has 8 heteroatoms. The number of carboxylic acids is 1. The van der Waals surface area contributed by atoms with E-state index in [2.05, 4.69) is 0 Å². The van der Waals surface area contributed by atoms with Gasteiger partial charge in [-0.15, -0.1) is 0 Å². The van der Waals surface area contributed by atoms with E-state index >= 15 is 0 Å². The Kier molecular flexibility index (Phi) is 4.15. The Morgan fingerprint density at radius 1 is 1.33 bits per heavy atom. The Morgan fingerprint density at radius 2 is 1.94 bits per heavy atom. The molecule has 4 N–H and O–H groups in total. The predicted molar refractivity (Wildman–Crippen MR) is 62.9 cm³/mol. The van der Waals surface area contributed by atoms with Crippen molar-refractivity contribution in [2.24, 2.45) is 0 Å². The van der Waals surface area contributed by atoms with Crippen LogP contribution in [-0.2, 0) is 21.2 Å². The largest absolute Gasteiger partial charge is 0.504 e. The van der Waals surface area contributed by atoms with Crippen molar-refractivity contribution < 1.29 is 28.5 Å². The minimum Gasteiger partial charge on any atom is -0.504 e. The van der Waals surface area contributed by atoms with Crippen LogP contribution in [0.25, 0.3) is 0 Å². The molecule has 0 saturated carbocycles. The summed E-state index contributed by atoms with van der Waals surface area (Å²) in [6.45, 7) is 0. The van der Waals surface area contributed by atoms with Gasteiger partial charge in [0.1, 0.15) is 6.04 Å². The van der Waals surface area contributed by atoms with Gasteiger partial charge in [-0.3, -0.25) is 4.79 Å². The molecule has 0 aliphatic heterocycles. The molecule has 0 radical (unpaired) electrons. The van der Waals surface area contributed by atoms with Gasteiger partial charge in [0.25, 0.3) is 0 Å². The summed E-state index contributed by atoms with van der Waals surface area (Å²) >= 11 is 0. The number of hydrogen-bond donors (Lipinski definition) is 4. The quantitative estimate of drug-likeness (QED) is 0.544. The van der Waals surface area contributed by atoms with E-state index in [1.807, 2.05) is 4.72 Å². The Labute approximate surface area is 104 Å². The maximum atomic E-state index is 11.0. The van der Waals surface area contributed by atoms with E-state index in [-0.39, 0.29) is 12.2 Å². The summed E-state index contributed by atoms with van der Waals surface area (Å²) in [4.78, 5) is 10.9. The SMILES string of the molecule is CS(=O)(=O)N[C@@H](Cc1ccc(O)c(O)c1)C(=O)O. The van der Waals surface area contributed by atoms with Gasteiger partial charge in [-0.25, -0.2) is 13.1 Å². The van der Waals surface area contributed by atoms with Crippen LogP contribution in [0.1, 0.15) is 5.56 Å². The van der Waals surface area contributed by atoms with Crippen LogP contribution in [0.3, 0.4) is 0 Å². The number of hydrogen-bond acceptors (Lipinski definition) is 5. The van der Waals surface area contributed by atoms with Gasteiger partial charge < -0.3 is 15.3 Å². The molecule has 0 fully saturated rings. The molecule has 1 aromatic carbocycles. The van der Waals surface area contributed by atoms with Gasteiger partial charge in [0.05, 0.1) is 6.26 Å². The van der Waals surface area contributed by atoms with Gasteiger partial charge in [0.2, 0.25) is 10.0 Å². The molecule has 0 bridgehead atoms. The highest BCUT2D eigenvalue weighted by molar-refractivity contribution is 7.88. The van der Waals surface area contributed by atoms with E-state index in [1.54, 1.807) is 0 Å². The molecular weight excluding hydrogens is 262 g/mol. The van der Waals surface area contributed by atoms with Crippen LogP contribution in [-0.4, -0.2) is 42.0 Å². The Morgan fingerprint density at radius 3 is 2.39 bits per heavy atom. The monoisotopic (exact) mass is 275 g/mol. The molecule has 0 heterocycles. The standard InChI is InChI=1S/C10H13NO6S/c1-18(16,17)11-7(10(14)15)4-6-2-3-8(12)9(13)5-6/h2-3,5,7,11-13H,4H2,1H3,(H,14,15)/t7-/m0/s1. The molecule has 1 aromatic rings. The van der Waals surface area contributed by atoms with Crippen LogP contribution in [0.4, 0.5) is 0 Å². The third-order valence-electron chi connectivity index (χ3n) is 2.13. The minimum absolute atomic E-state index is 0.143. The fourth-order valence-corrected chi connectivity index (χ4v) is 2.07. The molecule has 0 unspecified atom stereocenters. The molecule has 1 atom stereocenters. The molecule has 0 aliphatic carbocycles. The first-order valence-electron chi connectivity index (χ1n) is 4.90. The van der Waals surface area contributed by atoms with Crippen LogP contribution in [0.15, 0.2) is 18.2 Å². The predicted octanol–water partition coefficient (Wildman–Crippen LogP) is -0.357. The molecule has 0 spiro atoms. The first kappa shape index (κ1) is 14.3. The van der Waals surface area contributed by atoms with Crippen molar-refractivity contribution in [1.82, 2.24) is 4.72 Å². The third-order valence-corrected chi connectivity index (χ3v) is 2.85. The number of aromatic hydroxyl groups is 2. The zero-order chi connectivity index (χ0) is 13.9. The van der Waals surface area contributed by atoms with E-state index in [9.17, 15) is 18.3 Å². The zero-order valence-corrected chi connectivity index (χ0v) is 10.3. The molecule has 100 valence electrons.